The standard InChI is InChI=1S/C18H21ClN4O3S/c1-5-8-23-16(25)13-9-12(19)6-7-14(13)21-18(23)27-11(4)15(24)22-17(26)20-10(2)3/h5-7,9-11H,1,8H2,2-4H3,(H2,20,22,24,26)/t11-/m0/s1. The third-order valence-electron chi connectivity index (χ3n) is 3.50. The van der Waals surface area contributed by atoms with Gasteiger partial charge in [-0.3, -0.25) is 19.5 Å². The lowest BCUT2D eigenvalue weighted by molar-refractivity contribution is -0.119. The minimum Gasteiger partial charge on any atom is -0.336 e. The van der Waals surface area contributed by atoms with Gasteiger partial charge >= 0.3 is 6.03 Å². The van der Waals surface area contributed by atoms with Gasteiger partial charge in [0.25, 0.3) is 5.56 Å². The molecule has 0 fully saturated rings. The van der Waals surface area contributed by atoms with Crippen molar-refractivity contribution >= 4 is 46.2 Å². The highest BCUT2D eigenvalue weighted by atomic mass is 35.5. The first-order chi connectivity index (χ1) is 12.7. The maximum absolute atomic E-state index is 12.8. The minimum atomic E-state index is -0.643. The van der Waals surface area contributed by atoms with Crippen molar-refractivity contribution in [3.8, 4) is 0 Å². The second-order valence-electron chi connectivity index (χ2n) is 6.14. The fourth-order valence-electron chi connectivity index (χ4n) is 2.28. The van der Waals surface area contributed by atoms with E-state index in [1.165, 1.54) is 4.57 Å². The number of amides is 3. The number of fused-ring (bicyclic) bond motifs is 1. The predicted molar refractivity (Wildman–Crippen MR) is 108 cm³/mol. The smallest absolute Gasteiger partial charge is 0.321 e. The topological polar surface area (TPSA) is 93.1 Å². The molecule has 1 aromatic carbocycles. The molecule has 7 nitrogen and oxygen atoms in total. The Balaban J connectivity index is 2.31. The van der Waals surface area contributed by atoms with E-state index < -0.39 is 17.2 Å². The summed E-state index contributed by atoms with van der Waals surface area (Å²) in [6.07, 6.45) is 1.57. The summed E-state index contributed by atoms with van der Waals surface area (Å²) in [5.41, 5.74) is 0.215. The van der Waals surface area contributed by atoms with Crippen molar-refractivity contribution in [1.29, 1.82) is 0 Å². The number of carbonyl (C=O) groups is 2. The number of allylic oxidation sites excluding steroid dienone is 1. The number of imide groups is 1. The van der Waals surface area contributed by atoms with Crippen molar-refractivity contribution in [2.24, 2.45) is 0 Å². The molecule has 144 valence electrons. The average molecular weight is 409 g/mol. The van der Waals surface area contributed by atoms with Crippen molar-refractivity contribution in [1.82, 2.24) is 20.2 Å². The first kappa shape index (κ1) is 21.0. The number of nitrogens with zero attached hydrogens (tertiary/aromatic N) is 2. The van der Waals surface area contributed by atoms with E-state index in [4.69, 9.17) is 11.6 Å². The Kier molecular flexibility index (Phi) is 7.04. The second kappa shape index (κ2) is 9.05. The Morgan fingerprint density at radius 3 is 2.70 bits per heavy atom. The van der Waals surface area contributed by atoms with Gasteiger partial charge in [0.15, 0.2) is 5.16 Å². The van der Waals surface area contributed by atoms with E-state index >= 15 is 0 Å². The molecular weight excluding hydrogens is 388 g/mol. The molecule has 2 rings (SSSR count). The van der Waals surface area contributed by atoms with Gasteiger partial charge in [0.1, 0.15) is 0 Å². The largest absolute Gasteiger partial charge is 0.336 e. The number of carbonyl (C=O) groups excluding carboxylic acids is 2. The molecule has 0 aliphatic heterocycles. The molecule has 27 heavy (non-hydrogen) atoms. The van der Waals surface area contributed by atoms with Crippen LogP contribution in [0.25, 0.3) is 10.9 Å². The van der Waals surface area contributed by atoms with Crippen LogP contribution in [-0.4, -0.2) is 32.8 Å². The minimum absolute atomic E-state index is 0.0903. The van der Waals surface area contributed by atoms with Crippen LogP contribution in [0.15, 0.2) is 40.8 Å². The number of rotatable bonds is 6. The summed E-state index contributed by atoms with van der Waals surface area (Å²) >= 11 is 7.07. The van der Waals surface area contributed by atoms with Crippen LogP contribution < -0.4 is 16.2 Å². The average Bonchev–Trinajstić information content (AvgIpc) is 2.58. The van der Waals surface area contributed by atoms with Gasteiger partial charge in [0, 0.05) is 17.6 Å². The van der Waals surface area contributed by atoms with Crippen molar-refractivity contribution in [2.75, 3.05) is 0 Å². The molecule has 0 saturated carbocycles. The summed E-state index contributed by atoms with van der Waals surface area (Å²) in [4.78, 5) is 41.2. The van der Waals surface area contributed by atoms with Gasteiger partial charge < -0.3 is 5.32 Å². The van der Waals surface area contributed by atoms with Gasteiger partial charge in [-0.15, -0.1) is 6.58 Å². The summed E-state index contributed by atoms with van der Waals surface area (Å²) < 4.78 is 1.42. The fourth-order valence-corrected chi connectivity index (χ4v) is 3.37. The van der Waals surface area contributed by atoms with Crippen LogP contribution >= 0.6 is 23.4 Å². The van der Waals surface area contributed by atoms with Crippen molar-refractivity contribution in [2.45, 2.75) is 43.8 Å². The lowest BCUT2D eigenvalue weighted by Crippen LogP contribution is -2.45. The monoisotopic (exact) mass is 408 g/mol. The normalized spacial score (nSPS) is 12.0. The van der Waals surface area contributed by atoms with Crippen molar-refractivity contribution in [3.63, 3.8) is 0 Å². The lowest BCUT2D eigenvalue weighted by atomic mass is 10.2. The number of aromatic nitrogens is 2. The van der Waals surface area contributed by atoms with Gasteiger partial charge in [0.05, 0.1) is 16.2 Å². The summed E-state index contributed by atoms with van der Waals surface area (Å²) in [5, 5.41) is 5.42. The van der Waals surface area contributed by atoms with Crippen LogP contribution in [0.4, 0.5) is 4.79 Å². The molecule has 0 spiro atoms. The van der Waals surface area contributed by atoms with Crippen molar-refractivity contribution in [3.05, 3.63) is 46.2 Å². The molecular formula is C18H21ClN4O3S. The summed E-state index contributed by atoms with van der Waals surface area (Å²) in [7, 11) is 0. The number of urea groups is 1. The first-order valence-electron chi connectivity index (χ1n) is 8.32. The van der Waals surface area contributed by atoms with E-state index in [0.29, 0.717) is 21.1 Å². The molecule has 1 heterocycles. The van der Waals surface area contributed by atoms with Gasteiger partial charge in [0.2, 0.25) is 5.91 Å². The maximum atomic E-state index is 12.8. The van der Waals surface area contributed by atoms with Crippen LogP contribution in [0.1, 0.15) is 20.8 Å². The third-order valence-corrected chi connectivity index (χ3v) is 4.83. The molecule has 0 radical (unpaired) electrons. The Bertz CT molecular complexity index is 942. The highest BCUT2D eigenvalue weighted by Gasteiger charge is 2.21. The van der Waals surface area contributed by atoms with E-state index in [0.717, 1.165) is 11.8 Å². The molecule has 0 aliphatic rings. The number of nitrogens with one attached hydrogen (secondary N) is 2. The van der Waals surface area contributed by atoms with E-state index in [1.807, 2.05) is 0 Å². The number of thioether (sulfide) groups is 1. The quantitative estimate of drug-likeness (QED) is 0.435. The lowest BCUT2D eigenvalue weighted by Gasteiger charge is -2.16. The molecule has 0 aliphatic carbocycles. The maximum Gasteiger partial charge on any atom is 0.321 e. The van der Waals surface area contributed by atoms with Gasteiger partial charge in [-0.1, -0.05) is 29.4 Å². The van der Waals surface area contributed by atoms with Gasteiger partial charge in [-0.2, -0.15) is 0 Å². The molecule has 1 atom stereocenters. The molecule has 9 heteroatoms. The molecule has 0 bridgehead atoms. The van der Waals surface area contributed by atoms with E-state index in [2.05, 4.69) is 22.2 Å². The number of hydrogen-bond donors (Lipinski definition) is 2. The van der Waals surface area contributed by atoms with Crippen LogP contribution in [0.3, 0.4) is 0 Å². The molecule has 2 aromatic rings. The molecule has 0 unspecified atom stereocenters. The van der Waals surface area contributed by atoms with Gasteiger partial charge in [-0.05, 0) is 39.0 Å². The van der Waals surface area contributed by atoms with Crippen LogP contribution in [0.2, 0.25) is 5.02 Å². The summed E-state index contributed by atoms with van der Waals surface area (Å²) in [5.74, 6) is -0.478. The predicted octanol–water partition coefficient (Wildman–Crippen LogP) is 2.95. The third kappa shape index (κ3) is 5.33. The van der Waals surface area contributed by atoms with Crippen LogP contribution in [0, 0.1) is 0 Å². The zero-order chi connectivity index (χ0) is 20.1. The summed E-state index contributed by atoms with van der Waals surface area (Å²) in [6.45, 7) is 9.12. The summed E-state index contributed by atoms with van der Waals surface area (Å²) in [6, 6.07) is 4.21. The second-order valence-corrected chi connectivity index (χ2v) is 7.88. The highest BCUT2D eigenvalue weighted by Crippen LogP contribution is 2.24. The molecule has 3 amide bonds. The van der Waals surface area contributed by atoms with Crippen molar-refractivity contribution < 1.29 is 9.59 Å². The Morgan fingerprint density at radius 2 is 2.07 bits per heavy atom. The van der Waals surface area contributed by atoms with Crippen LogP contribution in [-0.2, 0) is 11.3 Å². The van der Waals surface area contributed by atoms with Crippen LogP contribution in [0.5, 0.6) is 0 Å². The first-order valence-corrected chi connectivity index (χ1v) is 9.57. The molecule has 1 aromatic heterocycles. The van der Waals surface area contributed by atoms with E-state index in [-0.39, 0.29) is 18.1 Å². The Morgan fingerprint density at radius 1 is 1.37 bits per heavy atom. The fraction of sp³-hybridized carbons (Fsp3) is 0.333. The zero-order valence-corrected chi connectivity index (χ0v) is 16.9. The van der Waals surface area contributed by atoms with E-state index in [1.54, 1.807) is 45.0 Å². The Hall–Kier alpha value is -2.32. The SMILES string of the molecule is C=CCn1c(S[C@@H](C)C(=O)NC(=O)NC(C)C)nc2ccc(Cl)cc2c1=O. The number of benzene rings is 1. The Labute approximate surface area is 166 Å². The highest BCUT2D eigenvalue weighted by molar-refractivity contribution is 8.00. The number of halogens is 1. The zero-order valence-electron chi connectivity index (χ0n) is 15.3. The molecule has 0 saturated heterocycles. The number of hydrogen-bond acceptors (Lipinski definition) is 5. The van der Waals surface area contributed by atoms with Gasteiger partial charge in [-0.25, -0.2) is 9.78 Å². The molecule has 2 N–H and O–H groups in total. The van der Waals surface area contributed by atoms with E-state index in [9.17, 15) is 14.4 Å².